The summed E-state index contributed by atoms with van der Waals surface area (Å²) in [4.78, 5) is 0. The second-order valence-electron chi connectivity index (χ2n) is 5.71. The van der Waals surface area contributed by atoms with Crippen molar-refractivity contribution in [1.29, 1.82) is 0 Å². The molecule has 1 aliphatic rings. The topological polar surface area (TPSA) is 20.2 Å². The molecule has 100 valence electrons. The summed E-state index contributed by atoms with van der Waals surface area (Å²) in [7, 11) is 0. The predicted octanol–water partition coefficient (Wildman–Crippen LogP) is 4.00. The van der Waals surface area contributed by atoms with Crippen LogP contribution in [0.4, 0.5) is 8.78 Å². The average Bonchev–Trinajstić information content (AvgIpc) is 2.33. The summed E-state index contributed by atoms with van der Waals surface area (Å²) in [6.07, 6.45) is 2.75. The summed E-state index contributed by atoms with van der Waals surface area (Å²) in [5, 5.41) is 10.5. The Morgan fingerprint density at radius 3 is 2.39 bits per heavy atom. The maximum absolute atomic E-state index is 13.8. The minimum absolute atomic E-state index is 0.115. The summed E-state index contributed by atoms with van der Waals surface area (Å²) in [5.41, 5.74) is -1.08. The van der Waals surface area contributed by atoms with Crippen LogP contribution in [0.2, 0.25) is 0 Å². The Labute approximate surface area is 107 Å². The van der Waals surface area contributed by atoms with E-state index in [0.29, 0.717) is 24.7 Å². The van der Waals surface area contributed by atoms with Gasteiger partial charge in [-0.05, 0) is 43.6 Å². The second kappa shape index (κ2) is 4.96. The maximum Gasteiger partial charge on any atom is 0.164 e. The zero-order valence-corrected chi connectivity index (χ0v) is 10.9. The summed E-state index contributed by atoms with van der Waals surface area (Å²) < 4.78 is 27.0. The Hall–Kier alpha value is -0.960. The molecule has 0 saturated heterocycles. The van der Waals surface area contributed by atoms with Gasteiger partial charge in [0.1, 0.15) is 0 Å². The molecule has 0 amide bonds. The molecule has 3 heteroatoms. The van der Waals surface area contributed by atoms with Gasteiger partial charge in [0.05, 0.1) is 5.60 Å². The van der Waals surface area contributed by atoms with E-state index in [0.717, 1.165) is 18.9 Å². The second-order valence-corrected chi connectivity index (χ2v) is 5.71. The van der Waals surface area contributed by atoms with Gasteiger partial charge in [0.2, 0.25) is 0 Å². The largest absolute Gasteiger partial charge is 0.385 e. The van der Waals surface area contributed by atoms with Crippen molar-refractivity contribution in [2.45, 2.75) is 45.1 Å². The molecule has 0 bridgehead atoms. The molecular weight excluding hydrogens is 234 g/mol. The van der Waals surface area contributed by atoms with E-state index in [9.17, 15) is 13.9 Å². The molecule has 0 heterocycles. The molecule has 1 saturated carbocycles. The molecular formula is C15H20F2O. The molecule has 0 spiro atoms. The number of hydrogen-bond acceptors (Lipinski definition) is 1. The molecule has 0 aliphatic heterocycles. The maximum atomic E-state index is 13.8. The van der Waals surface area contributed by atoms with E-state index in [1.54, 1.807) is 0 Å². The molecule has 0 unspecified atom stereocenters. The van der Waals surface area contributed by atoms with Crippen molar-refractivity contribution < 1.29 is 13.9 Å². The average molecular weight is 254 g/mol. The molecule has 0 atom stereocenters. The van der Waals surface area contributed by atoms with Crippen LogP contribution in [0.5, 0.6) is 0 Å². The van der Waals surface area contributed by atoms with Gasteiger partial charge in [-0.15, -0.1) is 0 Å². The van der Waals surface area contributed by atoms with Crippen molar-refractivity contribution in [1.82, 2.24) is 0 Å². The minimum atomic E-state index is -1.20. The lowest BCUT2D eigenvalue weighted by atomic mass is 9.72. The van der Waals surface area contributed by atoms with Gasteiger partial charge in [-0.25, -0.2) is 8.78 Å². The summed E-state index contributed by atoms with van der Waals surface area (Å²) in [5.74, 6) is -0.635. The van der Waals surface area contributed by atoms with Gasteiger partial charge in [-0.1, -0.05) is 26.0 Å². The lowest BCUT2D eigenvalue weighted by molar-refractivity contribution is -0.0231. The summed E-state index contributed by atoms with van der Waals surface area (Å²) in [6.45, 7) is 4.33. The van der Waals surface area contributed by atoms with Gasteiger partial charge in [-0.3, -0.25) is 0 Å². The van der Waals surface area contributed by atoms with E-state index in [-0.39, 0.29) is 5.56 Å². The highest BCUT2D eigenvalue weighted by atomic mass is 19.2. The fourth-order valence-corrected chi connectivity index (χ4v) is 2.92. The van der Waals surface area contributed by atoms with Gasteiger partial charge in [-0.2, -0.15) is 0 Å². The van der Waals surface area contributed by atoms with E-state index in [2.05, 4.69) is 13.8 Å². The predicted molar refractivity (Wildman–Crippen MR) is 67.1 cm³/mol. The van der Waals surface area contributed by atoms with Gasteiger partial charge < -0.3 is 5.11 Å². The van der Waals surface area contributed by atoms with Crippen molar-refractivity contribution in [2.75, 3.05) is 0 Å². The van der Waals surface area contributed by atoms with E-state index in [1.165, 1.54) is 12.1 Å². The third-order valence-electron chi connectivity index (χ3n) is 4.25. The standard InChI is InChI=1S/C15H20F2O/c1-10(2)11-6-8-15(18,9-7-11)12-4-3-5-13(16)14(12)17/h3-5,10-11,18H,6-9H2,1-2H3. The molecule has 1 aliphatic carbocycles. The molecule has 1 nitrogen and oxygen atoms in total. The Balaban J connectivity index is 2.21. The minimum Gasteiger partial charge on any atom is -0.385 e. The van der Waals surface area contributed by atoms with Gasteiger partial charge in [0.15, 0.2) is 11.6 Å². The van der Waals surface area contributed by atoms with Crippen LogP contribution in [-0.2, 0) is 5.60 Å². The van der Waals surface area contributed by atoms with E-state index < -0.39 is 17.2 Å². The molecule has 1 N–H and O–H groups in total. The quantitative estimate of drug-likeness (QED) is 0.845. The lowest BCUT2D eigenvalue weighted by Crippen LogP contribution is -2.33. The normalized spacial score (nSPS) is 28.7. The molecule has 1 fully saturated rings. The first-order valence-corrected chi connectivity index (χ1v) is 6.61. The smallest absolute Gasteiger partial charge is 0.164 e. The van der Waals surface area contributed by atoms with Crippen molar-refractivity contribution in [3.8, 4) is 0 Å². The number of hydrogen-bond donors (Lipinski definition) is 1. The number of aliphatic hydroxyl groups is 1. The molecule has 0 radical (unpaired) electrons. The van der Waals surface area contributed by atoms with Gasteiger partial charge in [0.25, 0.3) is 0 Å². The summed E-state index contributed by atoms with van der Waals surface area (Å²) in [6, 6.07) is 4.04. The Bertz CT molecular complexity index is 421. The first-order valence-electron chi connectivity index (χ1n) is 6.61. The van der Waals surface area contributed by atoms with Gasteiger partial charge in [0, 0.05) is 5.56 Å². The third kappa shape index (κ3) is 2.41. The Kier molecular flexibility index (Phi) is 3.71. The molecule has 0 aromatic heterocycles. The van der Waals surface area contributed by atoms with Crippen LogP contribution in [0, 0.1) is 23.5 Å². The van der Waals surface area contributed by atoms with Crippen molar-refractivity contribution in [2.24, 2.45) is 11.8 Å². The number of benzene rings is 1. The SMILES string of the molecule is CC(C)C1CCC(O)(c2cccc(F)c2F)CC1. The number of halogens is 2. The highest BCUT2D eigenvalue weighted by Gasteiger charge is 2.37. The molecule has 2 rings (SSSR count). The van der Waals surface area contributed by atoms with Crippen LogP contribution in [0.1, 0.15) is 45.1 Å². The van der Waals surface area contributed by atoms with Crippen molar-refractivity contribution >= 4 is 0 Å². The highest BCUT2D eigenvalue weighted by molar-refractivity contribution is 5.26. The molecule has 1 aromatic rings. The third-order valence-corrected chi connectivity index (χ3v) is 4.25. The fraction of sp³-hybridized carbons (Fsp3) is 0.600. The molecule has 18 heavy (non-hydrogen) atoms. The highest BCUT2D eigenvalue weighted by Crippen LogP contribution is 2.42. The van der Waals surface area contributed by atoms with Crippen LogP contribution >= 0.6 is 0 Å². The van der Waals surface area contributed by atoms with E-state index >= 15 is 0 Å². The van der Waals surface area contributed by atoms with Crippen LogP contribution in [-0.4, -0.2) is 5.11 Å². The van der Waals surface area contributed by atoms with Crippen LogP contribution in [0.25, 0.3) is 0 Å². The zero-order valence-electron chi connectivity index (χ0n) is 10.9. The molecule has 1 aromatic carbocycles. The Morgan fingerprint density at radius 1 is 1.22 bits per heavy atom. The van der Waals surface area contributed by atoms with Crippen molar-refractivity contribution in [3.05, 3.63) is 35.4 Å². The first-order chi connectivity index (χ1) is 8.44. The monoisotopic (exact) mass is 254 g/mol. The fourth-order valence-electron chi connectivity index (χ4n) is 2.92. The first kappa shape index (κ1) is 13.5. The summed E-state index contributed by atoms with van der Waals surface area (Å²) >= 11 is 0. The lowest BCUT2D eigenvalue weighted by Gasteiger charge is -2.38. The van der Waals surface area contributed by atoms with Crippen LogP contribution in [0.3, 0.4) is 0 Å². The Morgan fingerprint density at radius 2 is 1.83 bits per heavy atom. The number of rotatable bonds is 2. The van der Waals surface area contributed by atoms with Crippen molar-refractivity contribution in [3.63, 3.8) is 0 Å². The van der Waals surface area contributed by atoms with E-state index in [4.69, 9.17) is 0 Å². The zero-order chi connectivity index (χ0) is 13.3. The van der Waals surface area contributed by atoms with Crippen LogP contribution in [0.15, 0.2) is 18.2 Å². The van der Waals surface area contributed by atoms with E-state index in [1.807, 2.05) is 0 Å². The van der Waals surface area contributed by atoms with Crippen LogP contribution < -0.4 is 0 Å². The van der Waals surface area contributed by atoms with Gasteiger partial charge >= 0.3 is 0 Å².